The minimum absolute atomic E-state index is 0.260. The number of hydrogen-bond acceptors (Lipinski definition) is 6. The van der Waals surface area contributed by atoms with Crippen molar-refractivity contribution < 1.29 is 19.7 Å². The number of methoxy groups -OCH3 is 1. The topological polar surface area (TPSA) is 105 Å². The van der Waals surface area contributed by atoms with Gasteiger partial charge >= 0.3 is 5.97 Å². The van der Waals surface area contributed by atoms with E-state index in [9.17, 15) is 9.90 Å². The third-order valence-corrected chi connectivity index (χ3v) is 4.64. The number of hydrogen-bond donors (Lipinski definition) is 4. The van der Waals surface area contributed by atoms with Crippen molar-refractivity contribution >= 4 is 17.3 Å². The van der Waals surface area contributed by atoms with Crippen LogP contribution >= 0.6 is 0 Å². The monoisotopic (exact) mass is 408 g/mol. The molecule has 0 unspecified atom stereocenters. The molecule has 0 saturated carbocycles. The molecule has 6 nitrogen and oxygen atoms in total. The zero-order chi connectivity index (χ0) is 22.3. The molecule has 0 heterocycles. The first kappa shape index (κ1) is 22.6. The molecule has 0 radical (unpaired) electrons. The number of carbonyl (C=O) groups excluding carboxylic acids is 1. The average Bonchev–Trinajstić information content (AvgIpc) is 2.70. The van der Waals surface area contributed by atoms with Gasteiger partial charge in [0.1, 0.15) is 11.5 Å². The number of esters is 1. The lowest BCUT2D eigenvalue weighted by Crippen LogP contribution is -2.06. The number of anilines is 2. The van der Waals surface area contributed by atoms with Crippen molar-refractivity contribution in [3.63, 3.8) is 0 Å². The van der Waals surface area contributed by atoms with Crippen LogP contribution in [0.1, 0.15) is 32.6 Å². The van der Waals surface area contributed by atoms with Crippen molar-refractivity contribution in [2.45, 2.75) is 27.3 Å². The maximum Gasteiger partial charge on any atom is 0.338 e. The Morgan fingerprint density at radius 1 is 0.900 bits per heavy atom. The number of ether oxygens (including phenoxy) is 1. The molecule has 0 saturated heterocycles. The Bertz CT molecular complexity index is 1030. The van der Waals surface area contributed by atoms with Crippen LogP contribution in [0.15, 0.2) is 54.6 Å². The normalized spacial score (nSPS) is 10.0. The summed E-state index contributed by atoms with van der Waals surface area (Å²) in [5.41, 5.74) is 11.6. The van der Waals surface area contributed by atoms with Crippen LogP contribution in [0, 0.1) is 20.8 Å². The Hall–Kier alpha value is -3.67. The van der Waals surface area contributed by atoms with Crippen LogP contribution in [-0.4, -0.2) is 23.3 Å². The van der Waals surface area contributed by atoms with E-state index in [0.717, 1.165) is 27.9 Å². The Labute approximate surface area is 176 Å². The fourth-order valence-electron chi connectivity index (χ4n) is 2.88. The molecule has 3 aromatic rings. The minimum Gasteiger partial charge on any atom is -0.508 e. The molecule has 0 aliphatic carbocycles. The second-order valence-electron chi connectivity index (χ2n) is 7.03. The van der Waals surface area contributed by atoms with E-state index in [2.05, 4.69) is 5.32 Å². The van der Waals surface area contributed by atoms with Gasteiger partial charge < -0.3 is 26.0 Å². The Kier molecular flexibility index (Phi) is 7.69. The van der Waals surface area contributed by atoms with Gasteiger partial charge in [0.2, 0.25) is 0 Å². The number of phenols is 2. The molecule has 3 rings (SSSR count). The van der Waals surface area contributed by atoms with Crippen LogP contribution in [-0.2, 0) is 11.3 Å². The van der Waals surface area contributed by atoms with E-state index in [-0.39, 0.29) is 17.5 Å². The number of aryl methyl sites for hydroxylation is 3. The fourth-order valence-corrected chi connectivity index (χ4v) is 2.88. The first-order valence-electron chi connectivity index (χ1n) is 9.47. The maximum absolute atomic E-state index is 11.5. The van der Waals surface area contributed by atoms with E-state index in [1.54, 1.807) is 36.4 Å². The predicted molar refractivity (Wildman–Crippen MR) is 120 cm³/mol. The van der Waals surface area contributed by atoms with Gasteiger partial charge in [0.15, 0.2) is 0 Å². The number of nitrogen functional groups attached to an aromatic ring is 1. The van der Waals surface area contributed by atoms with Gasteiger partial charge in [-0.1, -0.05) is 12.1 Å². The van der Waals surface area contributed by atoms with E-state index in [1.807, 2.05) is 39.0 Å². The molecular weight excluding hydrogens is 380 g/mol. The van der Waals surface area contributed by atoms with Gasteiger partial charge in [0, 0.05) is 17.9 Å². The number of nitrogens with one attached hydrogen (secondary N) is 1. The number of aromatic hydroxyl groups is 2. The SMILES string of the molecule is COC(=O)c1ccc(CNc2ccc(O)cc2C)cc1C.Cc1cc(O)ccc1N. The summed E-state index contributed by atoms with van der Waals surface area (Å²) in [5.74, 6) is 0.208. The fraction of sp³-hybridized carbons (Fsp3) is 0.208. The molecule has 30 heavy (non-hydrogen) atoms. The first-order valence-corrected chi connectivity index (χ1v) is 9.47. The van der Waals surface area contributed by atoms with Gasteiger partial charge in [-0.2, -0.15) is 0 Å². The molecule has 0 spiro atoms. The Morgan fingerprint density at radius 2 is 1.53 bits per heavy atom. The van der Waals surface area contributed by atoms with Crippen molar-refractivity contribution in [1.82, 2.24) is 0 Å². The molecule has 0 atom stereocenters. The average molecular weight is 408 g/mol. The van der Waals surface area contributed by atoms with Crippen LogP contribution in [0.5, 0.6) is 11.5 Å². The van der Waals surface area contributed by atoms with Gasteiger partial charge in [-0.05, 0) is 85.5 Å². The summed E-state index contributed by atoms with van der Waals surface area (Å²) in [4.78, 5) is 11.5. The molecule has 0 bridgehead atoms. The standard InChI is InChI=1S/C17H19NO3.C7H9NO/c1-11-8-13(4-6-15(11)17(20)21-3)10-18-16-7-5-14(19)9-12(16)2;1-5-4-6(9)2-3-7(5)8/h4-9,18-19H,10H2,1-3H3;2-4,9H,8H2,1H3. The molecule has 158 valence electrons. The van der Waals surface area contributed by atoms with Crippen LogP contribution in [0.25, 0.3) is 0 Å². The van der Waals surface area contributed by atoms with Gasteiger partial charge in [-0.25, -0.2) is 4.79 Å². The highest BCUT2D eigenvalue weighted by molar-refractivity contribution is 5.91. The summed E-state index contributed by atoms with van der Waals surface area (Å²) in [6.07, 6.45) is 0. The second kappa shape index (κ2) is 10.2. The lowest BCUT2D eigenvalue weighted by Gasteiger charge is -2.11. The molecule has 3 aromatic carbocycles. The molecular formula is C24H28N2O4. The largest absolute Gasteiger partial charge is 0.508 e. The number of nitrogens with two attached hydrogens (primary N) is 1. The summed E-state index contributed by atoms with van der Waals surface area (Å²) < 4.78 is 4.73. The summed E-state index contributed by atoms with van der Waals surface area (Å²) >= 11 is 0. The molecule has 0 aliphatic rings. The Morgan fingerprint density at radius 3 is 2.07 bits per heavy atom. The molecule has 0 aliphatic heterocycles. The molecule has 5 N–H and O–H groups in total. The number of phenolic OH excluding ortho intramolecular Hbond substituents is 2. The van der Waals surface area contributed by atoms with Crippen molar-refractivity contribution in [1.29, 1.82) is 0 Å². The molecule has 0 aromatic heterocycles. The highest BCUT2D eigenvalue weighted by Gasteiger charge is 2.09. The van der Waals surface area contributed by atoms with E-state index in [4.69, 9.17) is 15.6 Å². The van der Waals surface area contributed by atoms with E-state index in [0.29, 0.717) is 17.8 Å². The predicted octanol–water partition coefficient (Wildman–Crippen LogP) is 4.69. The molecule has 0 fully saturated rings. The van der Waals surface area contributed by atoms with Crippen LogP contribution in [0.4, 0.5) is 11.4 Å². The lowest BCUT2D eigenvalue weighted by molar-refractivity contribution is 0.0600. The summed E-state index contributed by atoms with van der Waals surface area (Å²) in [6.45, 7) is 6.33. The highest BCUT2D eigenvalue weighted by atomic mass is 16.5. The Balaban J connectivity index is 0.000000297. The highest BCUT2D eigenvalue weighted by Crippen LogP contribution is 2.21. The minimum atomic E-state index is -0.318. The second-order valence-corrected chi connectivity index (χ2v) is 7.03. The summed E-state index contributed by atoms with van der Waals surface area (Å²) in [7, 11) is 1.38. The number of carbonyl (C=O) groups is 1. The third-order valence-electron chi connectivity index (χ3n) is 4.64. The lowest BCUT2D eigenvalue weighted by atomic mass is 10.0. The molecule has 6 heteroatoms. The smallest absolute Gasteiger partial charge is 0.338 e. The van der Waals surface area contributed by atoms with Crippen LogP contribution < -0.4 is 11.1 Å². The van der Waals surface area contributed by atoms with Crippen LogP contribution in [0.2, 0.25) is 0 Å². The summed E-state index contributed by atoms with van der Waals surface area (Å²) in [6, 6.07) is 15.8. The van der Waals surface area contributed by atoms with Gasteiger partial charge in [-0.15, -0.1) is 0 Å². The first-order chi connectivity index (χ1) is 14.2. The summed E-state index contributed by atoms with van der Waals surface area (Å²) in [5, 5.41) is 21.6. The van der Waals surface area contributed by atoms with E-state index < -0.39 is 0 Å². The van der Waals surface area contributed by atoms with Gasteiger partial charge in [0.05, 0.1) is 12.7 Å². The maximum atomic E-state index is 11.5. The number of benzene rings is 3. The van der Waals surface area contributed by atoms with Crippen molar-refractivity contribution in [3.8, 4) is 11.5 Å². The van der Waals surface area contributed by atoms with Gasteiger partial charge in [0.25, 0.3) is 0 Å². The number of rotatable bonds is 4. The van der Waals surface area contributed by atoms with Crippen molar-refractivity contribution in [2.75, 3.05) is 18.2 Å². The van der Waals surface area contributed by atoms with E-state index in [1.165, 1.54) is 7.11 Å². The van der Waals surface area contributed by atoms with Crippen molar-refractivity contribution in [2.24, 2.45) is 0 Å². The van der Waals surface area contributed by atoms with Gasteiger partial charge in [-0.3, -0.25) is 0 Å². The van der Waals surface area contributed by atoms with E-state index >= 15 is 0 Å². The zero-order valence-electron chi connectivity index (χ0n) is 17.7. The molecule has 0 amide bonds. The van der Waals surface area contributed by atoms with Crippen LogP contribution in [0.3, 0.4) is 0 Å². The quantitative estimate of drug-likeness (QED) is 0.284. The third kappa shape index (κ3) is 6.17. The van der Waals surface area contributed by atoms with Crippen molar-refractivity contribution in [3.05, 3.63) is 82.4 Å². The zero-order valence-corrected chi connectivity index (χ0v) is 17.7.